The van der Waals surface area contributed by atoms with Crippen molar-refractivity contribution < 1.29 is 37.6 Å². The van der Waals surface area contributed by atoms with Crippen LogP contribution < -0.4 is 5.73 Å². The third-order valence-corrected chi connectivity index (χ3v) is 10.5. The molecule has 0 saturated heterocycles. The number of rotatable bonds is 42. The summed E-state index contributed by atoms with van der Waals surface area (Å²) in [6.07, 6.45) is 46.1. The number of unbranched alkanes of at least 4 members (excludes halogenated alkanes) is 23. The molecule has 0 bridgehead atoms. The zero-order valence-corrected chi connectivity index (χ0v) is 36.3. The molecule has 10 heteroatoms. The fraction of sp³-hybridized carbons (Fsp3) is 0.822. The predicted octanol–water partition coefficient (Wildman–Crippen LogP) is 12.9. The Hall–Kier alpha value is -1.77. The molecule has 322 valence electrons. The van der Waals surface area contributed by atoms with E-state index in [1.807, 2.05) is 0 Å². The predicted molar refractivity (Wildman–Crippen MR) is 229 cm³/mol. The van der Waals surface area contributed by atoms with Gasteiger partial charge in [0.1, 0.15) is 6.61 Å². The molecular weight excluding hydrogens is 713 g/mol. The molecule has 0 radical (unpaired) electrons. The second-order valence-electron chi connectivity index (χ2n) is 14.9. The van der Waals surface area contributed by atoms with E-state index < -0.39 is 26.5 Å². The number of nitrogens with two attached hydrogens (primary N) is 1. The standard InChI is InChI=1S/C45H84NO8P/c1-3-5-7-9-11-13-15-17-19-20-21-22-24-25-27-29-31-33-35-37-44(47)51-41-43(42-53-55(49,50)52-40-39-46)54-45(48)38-36-34-32-30-28-26-23-18-16-14-12-10-8-6-4-2/h6,8,12,14,18,23,43H,3-5,7,9-11,13,15-17,19-22,24-42,46H2,1-2H3,(H,49,50). The van der Waals surface area contributed by atoms with Gasteiger partial charge in [-0.15, -0.1) is 0 Å². The molecule has 0 aromatic heterocycles. The molecule has 9 nitrogen and oxygen atoms in total. The van der Waals surface area contributed by atoms with Crippen molar-refractivity contribution in [1.29, 1.82) is 0 Å². The highest BCUT2D eigenvalue weighted by molar-refractivity contribution is 7.47. The molecule has 0 amide bonds. The van der Waals surface area contributed by atoms with Gasteiger partial charge in [0, 0.05) is 19.4 Å². The topological polar surface area (TPSA) is 134 Å². The summed E-state index contributed by atoms with van der Waals surface area (Å²) >= 11 is 0. The smallest absolute Gasteiger partial charge is 0.462 e. The van der Waals surface area contributed by atoms with Gasteiger partial charge < -0.3 is 20.1 Å². The van der Waals surface area contributed by atoms with Crippen molar-refractivity contribution in [1.82, 2.24) is 0 Å². The summed E-state index contributed by atoms with van der Waals surface area (Å²) in [6, 6.07) is 0. The Bertz CT molecular complexity index is 1000. The Morgan fingerprint density at radius 1 is 0.564 bits per heavy atom. The lowest BCUT2D eigenvalue weighted by atomic mass is 10.0. The monoisotopic (exact) mass is 798 g/mol. The normalized spacial score (nSPS) is 13.6. The highest BCUT2D eigenvalue weighted by atomic mass is 31.2. The molecule has 0 fully saturated rings. The third kappa shape index (κ3) is 41.7. The van der Waals surface area contributed by atoms with E-state index in [9.17, 15) is 19.0 Å². The number of carbonyl (C=O) groups excluding carboxylic acids is 2. The van der Waals surface area contributed by atoms with E-state index in [4.69, 9.17) is 24.3 Å². The molecule has 0 saturated carbocycles. The lowest BCUT2D eigenvalue weighted by molar-refractivity contribution is -0.161. The fourth-order valence-corrected chi connectivity index (χ4v) is 7.00. The number of allylic oxidation sites excluding steroid dienone is 6. The van der Waals surface area contributed by atoms with Gasteiger partial charge in [0.15, 0.2) is 6.10 Å². The van der Waals surface area contributed by atoms with Crippen LogP contribution in [0.15, 0.2) is 36.5 Å². The van der Waals surface area contributed by atoms with E-state index in [1.165, 1.54) is 103 Å². The average Bonchev–Trinajstić information content (AvgIpc) is 3.17. The van der Waals surface area contributed by atoms with Crippen LogP contribution in [0.1, 0.15) is 206 Å². The van der Waals surface area contributed by atoms with E-state index in [-0.39, 0.29) is 38.6 Å². The van der Waals surface area contributed by atoms with Gasteiger partial charge in [-0.3, -0.25) is 18.6 Å². The molecule has 2 unspecified atom stereocenters. The SMILES string of the molecule is CCC=CCC=CCC=CCCCCCCCC(=O)OC(COC(=O)CCCCCCCCCCCCCCCCCCCCC)COP(=O)(O)OCCN. The second-order valence-corrected chi connectivity index (χ2v) is 16.3. The van der Waals surface area contributed by atoms with Crippen LogP contribution in [0.5, 0.6) is 0 Å². The molecule has 55 heavy (non-hydrogen) atoms. The van der Waals surface area contributed by atoms with Gasteiger partial charge in [-0.05, 0) is 44.9 Å². The summed E-state index contributed by atoms with van der Waals surface area (Å²) in [5.74, 6) is -0.842. The Morgan fingerprint density at radius 3 is 1.49 bits per heavy atom. The summed E-state index contributed by atoms with van der Waals surface area (Å²) in [5, 5.41) is 0. The minimum atomic E-state index is -4.38. The van der Waals surface area contributed by atoms with Gasteiger partial charge in [-0.25, -0.2) is 4.57 Å². The summed E-state index contributed by atoms with van der Waals surface area (Å²) in [7, 11) is -4.38. The lowest BCUT2D eigenvalue weighted by Gasteiger charge is -2.19. The van der Waals surface area contributed by atoms with Crippen LogP contribution in [0, 0.1) is 0 Å². The Morgan fingerprint density at radius 2 is 1.00 bits per heavy atom. The molecule has 0 aliphatic carbocycles. The maximum Gasteiger partial charge on any atom is 0.472 e. The maximum atomic E-state index is 12.6. The molecule has 0 aliphatic heterocycles. The van der Waals surface area contributed by atoms with Gasteiger partial charge in [-0.2, -0.15) is 0 Å². The second kappa shape index (κ2) is 41.9. The van der Waals surface area contributed by atoms with Crippen molar-refractivity contribution in [3.8, 4) is 0 Å². The minimum absolute atomic E-state index is 0.0507. The van der Waals surface area contributed by atoms with Gasteiger partial charge in [0.2, 0.25) is 0 Å². The summed E-state index contributed by atoms with van der Waals surface area (Å²) < 4.78 is 32.8. The number of hydrogen-bond acceptors (Lipinski definition) is 8. The van der Waals surface area contributed by atoms with E-state index in [0.717, 1.165) is 70.6 Å². The van der Waals surface area contributed by atoms with E-state index in [1.54, 1.807) is 0 Å². The summed E-state index contributed by atoms with van der Waals surface area (Å²) in [6.45, 7) is 3.62. The molecule has 0 spiro atoms. The first kappa shape index (κ1) is 53.2. The van der Waals surface area contributed by atoms with Crippen molar-refractivity contribution in [2.24, 2.45) is 5.73 Å². The number of carbonyl (C=O) groups is 2. The number of phosphoric ester groups is 1. The highest BCUT2D eigenvalue weighted by Crippen LogP contribution is 2.43. The molecule has 0 aromatic carbocycles. The number of hydrogen-bond donors (Lipinski definition) is 2. The van der Waals surface area contributed by atoms with E-state index in [2.05, 4.69) is 50.3 Å². The van der Waals surface area contributed by atoms with Gasteiger partial charge in [0.25, 0.3) is 0 Å². The molecule has 0 aliphatic rings. The summed E-state index contributed by atoms with van der Waals surface area (Å²) in [4.78, 5) is 34.9. The van der Waals surface area contributed by atoms with Crippen LogP contribution in [0.25, 0.3) is 0 Å². The molecule has 0 rings (SSSR count). The quantitative estimate of drug-likeness (QED) is 0.0268. The van der Waals surface area contributed by atoms with E-state index in [0.29, 0.717) is 6.42 Å². The first-order valence-corrected chi connectivity index (χ1v) is 24.0. The summed E-state index contributed by atoms with van der Waals surface area (Å²) in [5.41, 5.74) is 5.35. The van der Waals surface area contributed by atoms with Gasteiger partial charge in [-0.1, -0.05) is 185 Å². The van der Waals surface area contributed by atoms with Crippen LogP contribution in [-0.4, -0.2) is 49.3 Å². The number of ether oxygens (including phenoxy) is 2. The molecule has 0 heterocycles. The Labute approximate surface area is 337 Å². The van der Waals surface area contributed by atoms with Crippen molar-refractivity contribution in [3.63, 3.8) is 0 Å². The number of phosphoric acid groups is 1. The fourth-order valence-electron chi connectivity index (χ4n) is 6.24. The van der Waals surface area contributed by atoms with Crippen LogP contribution in [-0.2, 0) is 32.7 Å². The van der Waals surface area contributed by atoms with Gasteiger partial charge >= 0.3 is 19.8 Å². The molecular formula is C45H84NO8P. The van der Waals surface area contributed by atoms with Gasteiger partial charge in [0.05, 0.1) is 13.2 Å². The molecule has 0 aromatic rings. The highest BCUT2D eigenvalue weighted by Gasteiger charge is 2.26. The largest absolute Gasteiger partial charge is 0.472 e. The Kier molecular flexibility index (Phi) is 40.5. The van der Waals surface area contributed by atoms with Crippen LogP contribution >= 0.6 is 7.82 Å². The first-order chi connectivity index (χ1) is 26.8. The number of esters is 2. The zero-order valence-electron chi connectivity index (χ0n) is 35.4. The van der Waals surface area contributed by atoms with Crippen LogP contribution in [0.4, 0.5) is 0 Å². The lowest BCUT2D eigenvalue weighted by Crippen LogP contribution is -2.29. The first-order valence-electron chi connectivity index (χ1n) is 22.5. The van der Waals surface area contributed by atoms with Crippen LogP contribution in [0.2, 0.25) is 0 Å². The van der Waals surface area contributed by atoms with E-state index >= 15 is 0 Å². The molecule has 2 atom stereocenters. The maximum absolute atomic E-state index is 12.6. The van der Waals surface area contributed by atoms with Crippen molar-refractivity contribution in [2.75, 3.05) is 26.4 Å². The zero-order chi connectivity index (χ0) is 40.3. The van der Waals surface area contributed by atoms with Crippen molar-refractivity contribution in [2.45, 2.75) is 213 Å². The van der Waals surface area contributed by atoms with Crippen molar-refractivity contribution >= 4 is 19.8 Å². The Balaban J connectivity index is 4.10. The van der Waals surface area contributed by atoms with Crippen molar-refractivity contribution in [3.05, 3.63) is 36.5 Å². The average molecular weight is 798 g/mol. The van der Waals surface area contributed by atoms with Crippen LogP contribution in [0.3, 0.4) is 0 Å². The minimum Gasteiger partial charge on any atom is -0.462 e. The molecule has 3 N–H and O–H groups in total. The third-order valence-electron chi connectivity index (χ3n) is 9.54.